The Morgan fingerprint density at radius 1 is 0.844 bits per heavy atom. The van der Waals surface area contributed by atoms with Gasteiger partial charge in [0.15, 0.2) is 0 Å². The SMILES string of the molecule is CC(C)(C)S(=O)N=Cc1ccc(SCC2CC2)cc1.O=Cc1ccc(SCC2CC2)cc1. The van der Waals surface area contributed by atoms with Gasteiger partial charge in [-0.25, -0.2) is 4.21 Å². The standard InChI is InChI=1S/C15H21NOS2.C11H12OS/c1-15(2,3)19(17)16-10-12-6-8-14(9-7-12)18-11-13-4-5-13;12-7-9-3-5-11(6-4-9)13-8-10-1-2-10/h6-10,13H,4-5,11H2,1-3H3;3-7,10H,1-2,8H2. The fourth-order valence-electron chi connectivity index (χ4n) is 2.56. The maximum atomic E-state index is 11.8. The van der Waals surface area contributed by atoms with Gasteiger partial charge in [0.1, 0.15) is 17.3 Å². The average molecular weight is 488 g/mol. The van der Waals surface area contributed by atoms with Crippen molar-refractivity contribution in [1.29, 1.82) is 0 Å². The maximum absolute atomic E-state index is 11.8. The van der Waals surface area contributed by atoms with E-state index in [2.05, 4.69) is 16.5 Å². The molecule has 0 aromatic heterocycles. The molecule has 3 nitrogen and oxygen atoms in total. The molecule has 1 atom stereocenters. The molecule has 172 valence electrons. The number of nitrogens with zero attached hydrogens (tertiary/aromatic N) is 1. The first-order valence-electron chi connectivity index (χ1n) is 11.2. The second kappa shape index (κ2) is 12.2. The number of carbonyl (C=O) groups excluding carboxylic acids is 1. The molecule has 0 saturated heterocycles. The average Bonchev–Trinajstić information content (AvgIpc) is 3.70. The topological polar surface area (TPSA) is 46.5 Å². The van der Waals surface area contributed by atoms with Gasteiger partial charge in [-0.2, -0.15) is 4.40 Å². The van der Waals surface area contributed by atoms with Crippen molar-refractivity contribution in [3.8, 4) is 0 Å². The lowest BCUT2D eigenvalue weighted by atomic mass is 10.2. The normalized spacial score (nSPS) is 17.0. The summed E-state index contributed by atoms with van der Waals surface area (Å²) in [6.45, 7) is 5.79. The Kier molecular flexibility index (Phi) is 9.62. The number of thioether (sulfide) groups is 2. The lowest BCUT2D eigenvalue weighted by molar-refractivity contribution is 0.112. The van der Waals surface area contributed by atoms with Crippen LogP contribution in [0.15, 0.2) is 62.7 Å². The highest BCUT2D eigenvalue weighted by Crippen LogP contribution is 2.35. The Labute approximate surface area is 203 Å². The van der Waals surface area contributed by atoms with Gasteiger partial charge in [-0.3, -0.25) is 4.79 Å². The minimum atomic E-state index is -1.18. The fraction of sp³-hybridized carbons (Fsp3) is 0.462. The Morgan fingerprint density at radius 2 is 1.28 bits per heavy atom. The van der Waals surface area contributed by atoms with Crippen LogP contribution in [0.2, 0.25) is 0 Å². The van der Waals surface area contributed by atoms with Crippen molar-refractivity contribution in [2.24, 2.45) is 16.2 Å². The Bertz CT molecular complexity index is 910. The highest BCUT2D eigenvalue weighted by Gasteiger charge is 2.21. The molecule has 0 radical (unpaired) electrons. The summed E-state index contributed by atoms with van der Waals surface area (Å²) in [6, 6.07) is 16.1. The molecule has 0 aliphatic heterocycles. The van der Waals surface area contributed by atoms with Gasteiger partial charge < -0.3 is 0 Å². The van der Waals surface area contributed by atoms with E-state index >= 15 is 0 Å². The summed E-state index contributed by atoms with van der Waals surface area (Å²) in [5.41, 5.74) is 1.77. The van der Waals surface area contributed by atoms with E-state index < -0.39 is 11.0 Å². The van der Waals surface area contributed by atoms with Crippen LogP contribution in [0.25, 0.3) is 0 Å². The summed E-state index contributed by atoms with van der Waals surface area (Å²) in [4.78, 5) is 13.0. The molecule has 2 fully saturated rings. The van der Waals surface area contributed by atoms with Crippen LogP contribution in [0.5, 0.6) is 0 Å². The summed E-state index contributed by atoms with van der Waals surface area (Å²) in [5.74, 6) is 4.37. The first-order valence-corrected chi connectivity index (χ1v) is 14.3. The monoisotopic (exact) mass is 487 g/mol. The van der Waals surface area contributed by atoms with Crippen molar-refractivity contribution in [3.63, 3.8) is 0 Å². The number of hydrogen-bond donors (Lipinski definition) is 0. The van der Waals surface area contributed by atoms with E-state index in [0.29, 0.717) is 0 Å². The van der Waals surface area contributed by atoms with Crippen LogP contribution >= 0.6 is 23.5 Å². The van der Waals surface area contributed by atoms with Crippen LogP contribution in [-0.2, 0) is 11.0 Å². The molecule has 2 aliphatic rings. The first-order chi connectivity index (χ1) is 15.3. The third-order valence-electron chi connectivity index (χ3n) is 5.08. The molecule has 0 N–H and O–H groups in total. The van der Waals surface area contributed by atoms with E-state index in [1.165, 1.54) is 47.0 Å². The molecule has 2 aromatic carbocycles. The summed E-state index contributed by atoms with van der Waals surface area (Å²) in [5, 5.41) is 0. The van der Waals surface area contributed by atoms with E-state index in [1.807, 2.05) is 80.7 Å². The van der Waals surface area contributed by atoms with Gasteiger partial charge in [0.05, 0.1) is 4.75 Å². The third-order valence-corrected chi connectivity index (χ3v) is 8.91. The van der Waals surface area contributed by atoms with Crippen LogP contribution < -0.4 is 0 Å². The number of carbonyl (C=O) groups is 1. The Hall–Kier alpha value is -1.37. The second-order valence-corrected chi connectivity index (χ2v) is 13.5. The van der Waals surface area contributed by atoms with Gasteiger partial charge in [0.2, 0.25) is 0 Å². The number of aldehydes is 1. The quantitative estimate of drug-likeness (QED) is 0.216. The molecule has 1 unspecified atom stereocenters. The van der Waals surface area contributed by atoms with Crippen molar-refractivity contribution < 1.29 is 9.00 Å². The van der Waals surface area contributed by atoms with E-state index in [4.69, 9.17) is 0 Å². The summed E-state index contributed by atoms with van der Waals surface area (Å²) in [6.07, 6.45) is 8.19. The molecule has 2 saturated carbocycles. The molecule has 2 aliphatic carbocycles. The maximum Gasteiger partial charge on any atom is 0.150 e. The highest BCUT2D eigenvalue weighted by molar-refractivity contribution is 7.99. The highest BCUT2D eigenvalue weighted by atomic mass is 32.2. The predicted octanol–water partition coefficient (Wildman–Crippen LogP) is 7.07. The summed E-state index contributed by atoms with van der Waals surface area (Å²) in [7, 11) is -1.18. The zero-order valence-electron chi connectivity index (χ0n) is 19.2. The van der Waals surface area contributed by atoms with Gasteiger partial charge >= 0.3 is 0 Å². The minimum absolute atomic E-state index is 0.295. The first kappa shape index (κ1) is 25.3. The van der Waals surface area contributed by atoms with Crippen LogP contribution in [0, 0.1) is 11.8 Å². The van der Waals surface area contributed by atoms with Crippen molar-refractivity contribution in [1.82, 2.24) is 0 Å². The van der Waals surface area contributed by atoms with Crippen LogP contribution in [-0.4, -0.2) is 33.0 Å². The van der Waals surface area contributed by atoms with E-state index in [9.17, 15) is 9.00 Å². The zero-order valence-corrected chi connectivity index (χ0v) is 21.6. The molecule has 0 amide bonds. The van der Waals surface area contributed by atoms with Gasteiger partial charge in [-0.05, 0) is 88.1 Å². The van der Waals surface area contributed by atoms with Crippen molar-refractivity contribution in [2.75, 3.05) is 11.5 Å². The second-order valence-electron chi connectivity index (χ2n) is 9.36. The predicted molar refractivity (Wildman–Crippen MR) is 141 cm³/mol. The lowest BCUT2D eigenvalue weighted by Crippen LogP contribution is -2.19. The van der Waals surface area contributed by atoms with E-state index in [0.717, 1.165) is 29.2 Å². The third kappa shape index (κ3) is 9.63. The van der Waals surface area contributed by atoms with Gasteiger partial charge in [0.25, 0.3) is 0 Å². The number of hydrogen-bond acceptors (Lipinski definition) is 4. The van der Waals surface area contributed by atoms with Gasteiger partial charge in [-0.1, -0.05) is 24.3 Å². The van der Waals surface area contributed by atoms with Crippen molar-refractivity contribution in [2.45, 2.75) is 61.0 Å². The Balaban J connectivity index is 0.000000193. The van der Waals surface area contributed by atoms with Crippen LogP contribution in [0.3, 0.4) is 0 Å². The molecule has 2 aromatic rings. The van der Waals surface area contributed by atoms with Crippen molar-refractivity contribution >= 4 is 47.0 Å². The summed E-state index contributed by atoms with van der Waals surface area (Å²) < 4.78 is 15.6. The van der Waals surface area contributed by atoms with Crippen LogP contribution in [0.4, 0.5) is 0 Å². The molecule has 0 heterocycles. The fourth-order valence-corrected chi connectivity index (χ4v) is 5.27. The number of benzene rings is 2. The Morgan fingerprint density at radius 3 is 1.66 bits per heavy atom. The molecular formula is C26H33NO2S3. The minimum Gasteiger partial charge on any atom is -0.298 e. The van der Waals surface area contributed by atoms with Crippen LogP contribution in [0.1, 0.15) is 62.4 Å². The van der Waals surface area contributed by atoms with E-state index in [-0.39, 0.29) is 4.75 Å². The van der Waals surface area contributed by atoms with E-state index in [1.54, 1.807) is 6.21 Å². The van der Waals surface area contributed by atoms with Gasteiger partial charge in [0, 0.05) is 33.1 Å². The number of rotatable bonds is 9. The smallest absolute Gasteiger partial charge is 0.150 e. The van der Waals surface area contributed by atoms with Crippen molar-refractivity contribution in [3.05, 3.63) is 59.7 Å². The molecular weight excluding hydrogens is 454 g/mol. The lowest BCUT2D eigenvalue weighted by Gasteiger charge is -2.12. The zero-order chi connectivity index (χ0) is 23.0. The summed E-state index contributed by atoms with van der Waals surface area (Å²) >= 11 is 3.82. The largest absolute Gasteiger partial charge is 0.298 e. The molecule has 32 heavy (non-hydrogen) atoms. The molecule has 0 bridgehead atoms. The molecule has 4 rings (SSSR count). The molecule has 6 heteroatoms. The molecule has 0 spiro atoms. The van der Waals surface area contributed by atoms with Gasteiger partial charge in [-0.15, -0.1) is 23.5 Å².